The van der Waals surface area contributed by atoms with Crippen molar-refractivity contribution < 1.29 is 33.7 Å². The Hall–Kier alpha value is -4.87. The largest absolute Gasteiger partial charge is 0.497 e. The second-order valence-corrected chi connectivity index (χ2v) is 12.2. The Kier molecular flexibility index (Phi) is 8.45. The Morgan fingerprint density at radius 2 is 1.85 bits per heavy atom. The molecule has 4 atom stereocenters. The number of aromatic nitrogens is 2. The molecular formula is C34H39N5O7. The molecule has 3 amide bonds. The van der Waals surface area contributed by atoms with Gasteiger partial charge in [0.1, 0.15) is 29.2 Å². The number of methoxy groups -OCH3 is 2. The summed E-state index contributed by atoms with van der Waals surface area (Å²) in [4.78, 5) is 52.6. The summed E-state index contributed by atoms with van der Waals surface area (Å²) in [5, 5.41) is 13.5. The van der Waals surface area contributed by atoms with Crippen molar-refractivity contribution >= 4 is 28.8 Å². The van der Waals surface area contributed by atoms with Crippen LogP contribution in [0.4, 0.5) is 4.79 Å². The number of aryl methyl sites for hydroxylation is 1. The van der Waals surface area contributed by atoms with Crippen LogP contribution in [0.1, 0.15) is 37.7 Å². The highest BCUT2D eigenvalue weighted by atomic mass is 16.5. The van der Waals surface area contributed by atoms with Gasteiger partial charge in [0.15, 0.2) is 5.82 Å². The van der Waals surface area contributed by atoms with Crippen LogP contribution in [0, 0.1) is 12.8 Å². The first kappa shape index (κ1) is 31.1. The Morgan fingerprint density at radius 3 is 2.57 bits per heavy atom. The molecule has 0 bridgehead atoms. The molecular weight excluding hydrogens is 590 g/mol. The number of fused-ring (bicyclic) bond motifs is 3. The third-order valence-corrected chi connectivity index (χ3v) is 9.25. The highest BCUT2D eigenvalue weighted by Gasteiger charge is 2.61. The predicted octanol–water partition coefficient (Wildman–Crippen LogP) is 4.20. The van der Waals surface area contributed by atoms with Crippen molar-refractivity contribution in [3.63, 3.8) is 0 Å². The number of carbonyl (C=O) groups excluding carboxylic acids is 2. The summed E-state index contributed by atoms with van der Waals surface area (Å²) in [6, 6.07) is 9.82. The lowest BCUT2D eigenvalue weighted by Gasteiger charge is -2.29. The Labute approximate surface area is 267 Å². The van der Waals surface area contributed by atoms with E-state index in [2.05, 4.69) is 5.32 Å². The van der Waals surface area contributed by atoms with Crippen LogP contribution in [0.15, 0.2) is 48.6 Å². The van der Waals surface area contributed by atoms with E-state index in [4.69, 9.17) is 24.2 Å². The van der Waals surface area contributed by atoms with Crippen molar-refractivity contribution in [2.45, 2.75) is 56.7 Å². The standard InChI is InChI=1S/C34H39N5O7/c1-20-27(45-4)15-14-25-28(20)35-29(21-10-12-23(44-3)13-11-21)36-31(25)46-24-17-26-30(40)37-34(32(41)42)18-22(34)9-7-5-6-8-16-38(2)33(43)39(26)19-24/h7,9-15,22,24,26H,5-6,8,16-19H2,1-4H3,(H,37,40)(H,41,42)/b9-7-/t22-,24+,26-,34+/m0/s1. The number of carboxylic acid groups (broad SMARTS) is 1. The SMILES string of the molecule is COc1ccc(-c2nc(O[C@@H]3C[C@H]4C(=O)N[C@]5(C(=O)O)C[C@@H]5/C=C\CCCCN(C)C(=O)N4C3)c3ccc(OC)c(C)c3n2)cc1. The minimum absolute atomic E-state index is 0.128. The van der Waals surface area contributed by atoms with Crippen molar-refractivity contribution in [1.82, 2.24) is 25.1 Å². The molecule has 46 heavy (non-hydrogen) atoms. The fourth-order valence-electron chi connectivity index (χ4n) is 6.42. The average Bonchev–Trinajstić information content (AvgIpc) is 3.59. The maximum atomic E-state index is 13.8. The van der Waals surface area contributed by atoms with E-state index in [0.717, 1.165) is 30.4 Å². The van der Waals surface area contributed by atoms with Crippen molar-refractivity contribution in [1.29, 1.82) is 0 Å². The van der Waals surface area contributed by atoms with Crippen LogP contribution in [-0.2, 0) is 9.59 Å². The summed E-state index contributed by atoms with van der Waals surface area (Å²) in [6.07, 6.45) is 6.19. The zero-order chi connectivity index (χ0) is 32.6. The molecule has 2 aromatic carbocycles. The lowest BCUT2D eigenvalue weighted by atomic mass is 10.1. The first-order valence-corrected chi connectivity index (χ1v) is 15.6. The molecule has 6 rings (SSSR count). The summed E-state index contributed by atoms with van der Waals surface area (Å²) in [5.74, 6) is 0.240. The van der Waals surface area contributed by atoms with Crippen LogP contribution in [0.5, 0.6) is 17.4 Å². The van der Waals surface area contributed by atoms with Crippen molar-refractivity contribution in [2.24, 2.45) is 5.92 Å². The maximum absolute atomic E-state index is 13.8. The van der Waals surface area contributed by atoms with E-state index < -0.39 is 29.6 Å². The smallest absolute Gasteiger partial charge is 0.330 e. The lowest BCUT2D eigenvalue weighted by Crippen LogP contribution is -2.54. The molecule has 12 heteroatoms. The monoisotopic (exact) mass is 629 g/mol. The topological polar surface area (TPSA) is 143 Å². The normalized spacial score (nSPS) is 25.6. The number of amides is 3. The van der Waals surface area contributed by atoms with Gasteiger partial charge in [0.05, 0.1) is 31.7 Å². The van der Waals surface area contributed by atoms with Gasteiger partial charge in [0.25, 0.3) is 0 Å². The van der Waals surface area contributed by atoms with Gasteiger partial charge in [0, 0.05) is 37.1 Å². The molecule has 0 spiro atoms. The van der Waals surface area contributed by atoms with Crippen LogP contribution >= 0.6 is 0 Å². The molecule has 0 radical (unpaired) electrons. The van der Waals surface area contributed by atoms with E-state index in [-0.39, 0.29) is 24.9 Å². The van der Waals surface area contributed by atoms with E-state index >= 15 is 0 Å². The minimum atomic E-state index is -1.37. The number of nitrogens with zero attached hydrogens (tertiary/aromatic N) is 4. The quantitative estimate of drug-likeness (QED) is 0.384. The molecule has 1 aliphatic carbocycles. The van der Waals surface area contributed by atoms with Crippen LogP contribution in [0.25, 0.3) is 22.3 Å². The van der Waals surface area contributed by atoms with Gasteiger partial charge >= 0.3 is 12.0 Å². The van der Waals surface area contributed by atoms with E-state index in [1.807, 2.05) is 55.5 Å². The second kappa shape index (κ2) is 12.5. The van der Waals surface area contributed by atoms with Crippen molar-refractivity contribution in [3.05, 3.63) is 54.1 Å². The zero-order valence-corrected chi connectivity index (χ0v) is 26.5. The Morgan fingerprint density at radius 1 is 1.07 bits per heavy atom. The predicted molar refractivity (Wildman–Crippen MR) is 170 cm³/mol. The van der Waals surface area contributed by atoms with Gasteiger partial charge in [-0.05, 0) is 69.0 Å². The number of hydrogen-bond acceptors (Lipinski definition) is 8. The summed E-state index contributed by atoms with van der Waals surface area (Å²) >= 11 is 0. The first-order valence-electron chi connectivity index (χ1n) is 15.6. The molecule has 2 fully saturated rings. The van der Waals surface area contributed by atoms with Crippen LogP contribution < -0.4 is 19.5 Å². The highest BCUT2D eigenvalue weighted by Crippen LogP contribution is 2.45. The third kappa shape index (κ3) is 5.79. The number of nitrogens with one attached hydrogen (secondary N) is 1. The highest BCUT2D eigenvalue weighted by molar-refractivity contribution is 5.95. The minimum Gasteiger partial charge on any atom is -0.497 e. The van der Waals surface area contributed by atoms with Crippen LogP contribution in [0.3, 0.4) is 0 Å². The number of hydrogen-bond donors (Lipinski definition) is 2. The molecule has 12 nitrogen and oxygen atoms in total. The molecule has 3 aliphatic rings. The number of rotatable bonds is 6. The number of allylic oxidation sites excluding steroid dienone is 1. The van der Waals surface area contributed by atoms with E-state index in [0.29, 0.717) is 47.1 Å². The van der Waals surface area contributed by atoms with Gasteiger partial charge in [0.2, 0.25) is 11.8 Å². The number of ether oxygens (including phenoxy) is 3. The second-order valence-electron chi connectivity index (χ2n) is 12.2. The van der Waals surface area contributed by atoms with Crippen LogP contribution in [0.2, 0.25) is 0 Å². The Balaban J connectivity index is 1.35. The van der Waals surface area contributed by atoms with Crippen molar-refractivity contribution in [3.8, 4) is 28.8 Å². The molecule has 0 unspecified atom stereocenters. The van der Waals surface area contributed by atoms with Crippen molar-refractivity contribution in [2.75, 3.05) is 34.4 Å². The van der Waals surface area contributed by atoms with E-state index in [1.54, 1.807) is 26.2 Å². The first-order chi connectivity index (χ1) is 22.1. The maximum Gasteiger partial charge on any atom is 0.330 e. The summed E-state index contributed by atoms with van der Waals surface area (Å²) in [7, 11) is 4.92. The van der Waals surface area contributed by atoms with Gasteiger partial charge in [-0.1, -0.05) is 12.2 Å². The molecule has 2 aliphatic heterocycles. The fourth-order valence-corrected chi connectivity index (χ4v) is 6.42. The molecule has 3 heterocycles. The molecule has 1 saturated carbocycles. The van der Waals surface area contributed by atoms with Gasteiger partial charge in [-0.3, -0.25) is 4.79 Å². The number of benzene rings is 2. The lowest BCUT2D eigenvalue weighted by molar-refractivity contribution is -0.144. The van der Waals surface area contributed by atoms with E-state index in [9.17, 15) is 19.5 Å². The molecule has 2 N–H and O–H groups in total. The number of urea groups is 1. The molecule has 1 saturated heterocycles. The summed E-state index contributed by atoms with van der Waals surface area (Å²) in [5.41, 5.74) is 0.843. The summed E-state index contributed by atoms with van der Waals surface area (Å²) in [6.45, 7) is 2.58. The number of carboxylic acids is 1. The molecule has 3 aromatic rings. The third-order valence-electron chi connectivity index (χ3n) is 9.25. The van der Waals surface area contributed by atoms with Gasteiger partial charge in [-0.25, -0.2) is 14.6 Å². The van der Waals surface area contributed by atoms with Gasteiger partial charge in [-0.15, -0.1) is 0 Å². The number of aliphatic carboxylic acids is 1. The van der Waals surface area contributed by atoms with Gasteiger partial charge in [-0.2, -0.15) is 4.98 Å². The average molecular weight is 630 g/mol. The molecule has 1 aromatic heterocycles. The van der Waals surface area contributed by atoms with Crippen LogP contribution in [-0.4, -0.2) is 94.8 Å². The molecule has 242 valence electrons. The fraction of sp³-hybridized carbons (Fsp3) is 0.441. The number of carbonyl (C=O) groups is 3. The zero-order valence-electron chi connectivity index (χ0n) is 26.5. The van der Waals surface area contributed by atoms with Gasteiger partial charge < -0.3 is 34.4 Å². The summed E-state index contributed by atoms with van der Waals surface area (Å²) < 4.78 is 17.4. The van der Waals surface area contributed by atoms with E-state index in [1.165, 1.54) is 4.90 Å². The Bertz CT molecular complexity index is 1690.